The van der Waals surface area contributed by atoms with Crippen molar-refractivity contribution in [1.82, 2.24) is 4.31 Å². The van der Waals surface area contributed by atoms with Gasteiger partial charge in [0.1, 0.15) is 0 Å². The molecular formula is C10H8ClF2NO3S. The van der Waals surface area contributed by atoms with Crippen LogP contribution >= 0.6 is 10.7 Å². The molecule has 0 spiro atoms. The zero-order valence-electron chi connectivity index (χ0n) is 8.89. The van der Waals surface area contributed by atoms with Crippen molar-refractivity contribution in [3.05, 3.63) is 35.4 Å². The first-order valence-corrected chi connectivity index (χ1v) is 7.22. The van der Waals surface area contributed by atoms with E-state index in [4.69, 9.17) is 10.7 Å². The van der Waals surface area contributed by atoms with Gasteiger partial charge >= 0.3 is 9.24 Å². The number of carbonyl (C=O) groups excluding carboxylic acids is 1. The number of benzene rings is 1. The Labute approximate surface area is 107 Å². The van der Waals surface area contributed by atoms with Crippen molar-refractivity contribution in [1.29, 1.82) is 0 Å². The Bertz CT molecular complexity index is 591. The fourth-order valence-corrected chi connectivity index (χ4v) is 3.17. The van der Waals surface area contributed by atoms with E-state index in [-0.39, 0.29) is 12.0 Å². The van der Waals surface area contributed by atoms with E-state index in [0.717, 1.165) is 0 Å². The third kappa shape index (κ3) is 2.32. The molecular weight excluding hydrogens is 288 g/mol. The fourth-order valence-electron chi connectivity index (χ4n) is 1.83. The quantitative estimate of drug-likeness (QED) is 0.635. The van der Waals surface area contributed by atoms with Crippen LogP contribution < -0.4 is 0 Å². The average molecular weight is 296 g/mol. The number of nitrogens with zero attached hydrogens (tertiary/aromatic N) is 1. The first-order valence-electron chi connectivity index (χ1n) is 4.95. The molecule has 1 saturated heterocycles. The largest absolute Gasteiger partial charge is 0.324 e. The predicted molar refractivity (Wildman–Crippen MR) is 60.4 cm³/mol. The minimum absolute atomic E-state index is 0.0569. The molecule has 1 aromatic carbocycles. The van der Waals surface area contributed by atoms with Crippen LogP contribution in [0.3, 0.4) is 0 Å². The predicted octanol–water partition coefficient (Wildman–Crippen LogP) is 2.38. The highest BCUT2D eigenvalue weighted by Gasteiger charge is 2.44. The maximum atomic E-state index is 12.5. The number of alkyl halides is 2. The van der Waals surface area contributed by atoms with E-state index in [1.807, 2.05) is 0 Å². The van der Waals surface area contributed by atoms with E-state index in [9.17, 15) is 22.0 Å². The molecule has 0 bridgehead atoms. The number of carbonyl (C=O) groups is 1. The van der Waals surface area contributed by atoms with E-state index in [2.05, 4.69) is 0 Å². The van der Waals surface area contributed by atoms with Gasteiger partial charge in [0, 0.05) is 16.2 Å². The van der Waals surface area contributed by atoms with Crippen molar-refractivity contribution in [3.8, 4) is 0 Å². The molecule has 8 heteroatoms. The third-order valence-corrected chi connectivity index (χ3v) is 4.05. The molecule has 1 aliphatic heterocycles. The Kier molecular flexibility index (Phi) is 3.29. The highest BCUT2D eigenvalue weighted by atomic mass is 35.7. The lowest BCUT2D eigenvalue weighted by Gasteiger charge is -2.37. The summed E-state index contributed by atoms with van der Waals surface area (Å²) < 4.78 is 47.8. The molecule has 0 aliphatic carbocycles. The minimum atomic E-state index is -4.18. The molecule has 1 heterocycles. The van der Waals surface area contributed by atoms with Crippen LogP contribution in [0.4, 0.5) is 8.78 Å². The summed E-state index contributed by atoms with van der Waals surface area (Å²) in [6.45, 7) is 0. The lowest BCUT2D eigenvalue weighted by molar-refractivity contribution is -0.137. The van der Waals surface area contributed by atoms with Crippen LogP contribution in [0.2, 0.25) is 0 Å². The summed E-state index contributed by atoms with van der Waals surface area (Å²) >= 11 is 0. The normalized spacial score (nSPS) is 20.1. The standard InChI is InChI=1S/C10H8ClF2NO3S/c11-18(16,17)14-8(5-9(14)15)6-2-1-3-7(4-6)10(12)13/h1-4,8,10H,5H2. The highest BCUT2D eigenvalue weighted by molar-refractivity contribution is 8.12. The molecule has 1 fully saturated rings. The number of hydrogen-bond acceptors (Lipinski definition) is 3. The molecule has 4 nitrogen and oxygen atoms in total. The molecule has 1 aliphatic rings. The van der Waals surface area contributed by atoms with Gasteiger partial charge in [-0.1, -0.05) is 18.2 Å². The molecule has 0 N–H and O–H groups in total. The van der Waals surface area contributed by atoms with Gasteiger partial charge in [-0.3, -0.25) is 4.79 Å². The number of amides is 1. The van der Waals surface area contributed by atoms with Crippen LogP contribution in [0.15, 0.2) is 24.3 Å². The molecule has 1 atom stereocenters. The van der Waals surface area contributed by atoms with Gasteiger partial charge in [0.2, 0.25) is 5.91 Å². The molecule has 1 unspecified atom stereocenters. The van der Waals surface area contributed by atoms with Crippen LogP contribution in [0.25, 0.3) is 0 Å². The molecule has 1 amide bonds. The zero-order valence-corrected chi connectivity index (χ0v) is 10.5. The molecule has 0 saturated carbocycles. The third-order valence-electron chi connectivity index (χ3n) is 2.68. The van der Waals surface area contributed by atoms with Gasteiger partial charge in [0.05, 0.1) is 12.5 Å². The van der Waals surface area contributed by atoms with Gasteiger partial charge in [0.15, 0.2) is 0 Å². The number of rotatable bonds is 3. The monoisotopic (exact) mass is 295 g/mol. The van der Waals surface area contributed by atoms with Gasteiger partial charge in [-0.15, -0.1) is 0 Å². The maximum absolute atomic E-state index is 12.5. The summed E-state index contributed by atoms with van der Waals surface area (Å²) in [6, 6.07) is 4.49. The lowest BCUT2D eigenvalue weighted by Crippen LogP contribution is -2.47. The molecule has 18 heavy (non-hydrogen) atoms. The first-order chi connectivity index (χ1) is 8.30. The van der Waals surface area contributed by atoms with E-state index >= 15 is 0 Å². The van der Waals surface area contributed by atoms with E-state index in [1.165, 1.54) is 24.3 Å². The Hall–Kier alpha value is -1.21. The smallest absolute Gasteiger partial charge is 0.274 e. The van der Waals surface area contributed by atoms with Gasteiger partial charge in [-0.25, -0.2) is 13.1 Å². The Morgan fingerprint density at radius 2 is 2.06 bits per heavy atom. The fraction of sp³-hybridized carbons (Fsp3) is 0.300. The Morgan fingerprint density at radius 3 is 2.56 bits per heavy atom. The zero-order chi connectivity index (χ0) is 13.5. The maximum Gasteiger partial charge on any atom is 0.324 e. The van der Waals surface area contributed by atoms with Gasteiger partial charge in [-0.05, 0) is 11.6 Å². The second-order valence-corrected chi connectivity index (χ2v) is 6.21. The molecule has 0 aromatic heterocycles. The van der Waals surface area contributed by atoms with Crippen molar-refractivity contribution in [3.63, 3.8) is 0 Å². The van der Waals surface area contributed by atoms with Gasteiger partial charge in [-0.2, -0.15) is 8.42 Å². The molecule has 0 radical (unpaired) electrons. The Morgan fingerprint density at radius 1 is 1.39 bits per heavy atom. The second kappa shape index (κ2) is 4.47. The second-order valence-electron chi connectivity index (χ2n) is 3.82. The summed E-state index contributed by atoms with van der Waals surface area (Å²) in [5.41, 5.74) is 0.107. The van der Waals surface area contributed by atoms with Gasteiger partial charge in [0.25, 0.3) is 6.43 Å². The van der Waals surface area contributed by atoms with Gasteiger partial charge < -0.3 is 0 Å². The van der Waals surface area contributed by atoms with Crippen molar-refractivity contribution in [2.75, 3.05) is 0 Å². The van der Waals surface area contributed by atoms with Crippen LogP contribution in [0.1, 0.15) is 30.0 Å². The Balaban J connectivity index is 2.33. The van der Waals surface area contributed by atoms with Crippen molar-refractivity contribution < 1.29 is 22.0 Å². The summed E-state index contributed by atoms with van der Waals surface area (Å²) in [6.07, 6.45) is -2.71. The topological polar surface area (TPSA) is 54.5 Å². The summed E-state index contributed by atoms with van der Waals surface area (Å²) in [4.78, 5) is 11.2. The highest BCUT2D eigenvalue weighted by Crippen LogP contribution is 2.39. The van der Waals surface area contributed by atoms with Crippen LogP contribution in [0, 0.1) is 0 Å². The van der Waals surface area contributed by atoms with Crippen molar-refractivity contribution in [2.24, 2.45) is 0 Å². The van der Waals surface area contributed by atoms with E-state index < -0.39 is 27.6 Å². The van der Waals surface area contributed by atoms with Crippen molar-refractivity contribution in [2.45, 2.75) is 18.9 Å². The SMILES string of the molecule is O=C1CC(c2cccc(C(F)F)c2)N1S(=O)(=O)Cl. The number of β-lactam (4-membered cyclic amide) rings is 1. The van der Waals surface area contributed by atoms with Crippen LogP contribution in [0.5, 0.6) is 0 Å². The lowest BCUT2D eigenvalue weighted by atomic mass is 9.96. The molecule has 1 aromatic rings. The molecule has 2 rings (SSSR count). The average Bonchev–Trinajstić information content (AvgIpc) is 2.23. The summed E-state index contributed by atoms with van der Waals surface area (Å²) in [5, 5.41) is 0. The number of halogens is 3. The van der Waals surface area contributed by atoms with E-state index in [0.29, 0.717) is 9.87 Å². The van der Waals surface area contributed by atoms with Crippen molar-refractivity contribution >= 4 is 25.8 Å². The number of hydrogen-bond donors (Lipinski definition) is 0. The van der Waals surface area contributed by atoms with E-state index in [1.54, 1.807) is 0 Å². The van der Waals surface area contributed by atoms with Crippen LogP contribution in [-0.4, -0.2) is 18.6 Å². The summed E-state index contributed by atoms with van der Waals surface area (Å²) in [5.74, 6) is -0.641. The van der Waals surface area contributed by atoms with Crippen LogP contribution in [-0.2, 0) is 14.0 Å². The minimum Gasteiger partial charge on any atom is -0.274 e. The first kappa shape index (κ1) is 13.2. The summed E-state index contributed by atoms with van der Waals surface area (Å²) in [7, 11) is 0.929. The molecule has 98 valence electrons.